The summed E-state index contributed by atoms with van der Waals surface area (Å²) in [4.78, 5) is 4.26. The number of rotatable bonds is 1. The van der Waals surface area contributed by atoms with Crippen LogP contribution in [0.1, 0.15) is 31.7 Å². The first-order valence-electron chi connectivity index (χ1n) is 5.96. The van der Waals surface area contributed by atoms with Crippen molar-refractivity contribution < 1.29 is 4.39 Å². The second-order valence-electron chi connectivity index (χ2n) is 5.25. The van der Waals surface area contributed by atoms with Crippen LogP contribution in [-0.4, -0.2) is 9.55 Å². The summed E-state index contributed by atoms with van der Waals surface area (Å²) >= 11 is 0. The first kappa shape index (κ1) is 10.6. The van der Waals surface area contributed by atoms with E-state index < -0.39 is 0 Å². The highest BCUT2D eigenvalue weighted by molar-refractivity contribution is 5.79. The van der Waals surface area contributed by atoms with Gasteiger partial charge in [0, 0.05) is 11.6 Å². The molecule has 1 aliphatic rings. The van der Waals surface area contributed by atoms with E-state index in [1.807, 2.05) is 6.07 Å². The summed E-state index contributed by atoms with van der Waals surface area (Å²) in [6, 6.07) is 3.32. The molecule has 1 aromatic heterocycles. The average Bonchev–Trinajstić information content (AvgIpc) is 2.52. The molecule has 1 aliphatic carbocycles. The van der Waals surface area contributed by atoms with E-state index in [1.165, 1.54) is 12.5 Å². The monoisotopic (exact) mass is 233 g/mol. The van der Waals surface area contributed by atoms with Crippen LogP contribution in [0.15, 0.2) is 12.1 Å². The van der Waals surface area contributed by atoms with E-state index in [2.05, 4.69) is 16.5 Å². The highest BCUT2D eigenvalue weighted by Crippen LogP contribution is 2.42. The number of imidazole rings is 1. The number of benzene rings is 1. The van der Waals surface area contributed by atoms with Gasteiger partial charge in [0.1, 0.15) is 5.82 Å². The number of nitrogens with two attached hydrogens (primary N) is 1. The second kappa shape index (κ2) is 3.22. The van der Waals surface area contributed by atoms with Crippen LogP contribution < -0.4 is 5.73 Å². The SMILES string of the molecule is Cc1cc2c(cc1F)nc(N)n2C1(C)CCC1. The van der Waals surface area contributed by atoms with E-state index in [1.54, 1.807) is 6.92 Å². The lowest BCUT2D eigenvalue weighted by Crippen LogP contribution is -2.37. The van der Waals surface area contributed by atoms with Gasteiger partial charge in [-0.1, -0.05) is 0 Å². The molecule has 0 saturated heterocycles. The van der Waals surface area contributed by atoms with Crippen molar-refractivity contribution in [3.05, 3.63) is 23.5 Å². The zero-order valence-corrected chi connectivity index (χ0v) is 10.1. The van der Waals surface area contributed by atoms with Crippen molar-refractivity contribution in [1.29, 1.82) is 0 Å². The maximum Gasteiger partial charge on any atom is 0.201 e. The van der Waals surface area contributed by atoms with Crippen molar-refractivity contribution in [2.45, 2.75) is 38.6 Å². The summed E-state index contributed by atoms with van der Waals surface area (Å²) in [7, 11) is 0. The zero-order valence-electron chi connectivity index (χ0n) is 10.1. The van der Waals surface area contributed by atoms with Crippen LogP contribution in [-0.2, 0) is 5.54 Å². The molecule has 3 rings (SSSR count). The van der Waals surface area contributed by atoms with Gasteiger partial charge in [-0.25, -0.2) is 9.37 Å². The molecule has 90 valence electrons. The summed E-state index contributed by atoms with van der Waals surface area (Å²) in [6.07, 6.45) is 3.44. The number of nitrogens with zero attached hydrogens (tertiary/aromatic N) is 2. The largest absolute Gasteiger partial charge is 0.369 e. The van der Waals surface area contributed by atoms with E-state index >= 15 is 0 Å². The average molecular weight is 233 g/mol. The number of fused-ring (bicyclic) bond motifs is 1. The minimum atomic E-state index is -0.221. The zero-order chi connectivity index (χ0) is 12.2. The number of aromatic nitrogens is 2. The number of halogens is 1. The van der Waals surface area contributed by atoms with Crippen LogP contribution >= 0.6 is 0 Å². The molecule has 0 aliphatic heterocycles. The third-order valence-electron chi connectivity index (χ3n) is 3.93. The molecule has 0 atom stereocenters. The van der Waals surface area contributed by atoms with E-state index in [0.29, 0.717) is 17.0 Å². The van der Waals surface area contributed by atoms with Crippen LogP contribution in [0.3, 0.4) is 0 Å². The molecule has 4 heteroatoms. The van der Waals surface area contributed by atoms with Crippen molar-refractivity contribution in [2.75, 3.05) is 5.73 Å². The maximum absolute atomic E-state index is 13.5. The highest BCUT2D eigenvalue weighted by atomic mass is 19.1. The molecular formula is C13H16FN3. The van der Waals surface area contributed by atoms with Gasteiger partial charge >= 0.3 is 0 Å². The molecule has 2 N–H and O–H groups in total. The summed E-state index contributed by atoms with van der Waals surface area (Å²) in [6.45, 7) is 3.96. The number of hydrogen-bond donors (Lipinski definition) is 1. The molecule has 0 spiro atoms. The molecule has 0 amide bonds. The molecule has 1 aromatic carbocycles. The Morgan fingerprint density at radius 3 is 2.71 bits per heavy atom. The Kier molecular flexibility index (Phi) is 2.00. The van der Waals surface area contributed by atoms with Gasteiger partial charge < -0.3 is 10.3 Å². The number of aryl methyl sites for hydroxylation is 1. The fourth-order valence-corrected chi connectivity index (χ4v) is 2.70. The first-order chi connectivity index (χ1) is 8.01. The Bertz CT molecular complexity index is 596. The van der Waals surface area contributed by atoms with E-state index in [4.69, 9.17) is 5.73 Å². The Labute approximate surface area is 99.4 Å². The minimum absolute atomic E-state index is 0.0586. The lowest BCUT2D eigenvalue weighted by Gasteiger charge is -2.40. The smallest absolute Gasteiger partial charge is 0.201 e. The van der Waals surface area contributed by atoms with Crippen molar-refractivity contribution in [2.24, 2.45) is 0 Å². The summed E-state index contributed by atoms with van der Waals surface area (Å²) < 4.78 is 15.6. The van der Waals surface area contributed by atoms with Gasteiger partial charge in [-0.15, -0.1) is 0 Å². The molecule has 1 heterocycles. The summed E-state index contributed by atoms with van der Waals surface area (Å²) in [5.74, 6) is 0.271. The molecule has 0 radical (unpaired) electrons. The Morgan fingerprint density at radius 1 is 1.41 bits per heavy atom. The Hall–Kier alpha value is -1.58. The van der Waals surface area contributed by atoms with Crippen molar-refractivity contribution in [1.82, 2.24) is 9.55 Å². The number of nitrogen functional groups attached to an aromatic ring is 1. The Balaban J connectivity index is 2.30. The van der Waals surface area contributed by atoms with Crippen LogP contribution in [0, 0.1) is 12.7 Å². The molecule has 0 bridgehead atoms. The lowest BCUT2D eigenvalue weighted by atomic mass is 9.78. The quantitative estimate of drug-likeness (QED) is 0.823. The predicted octanol–water partition coefficient (Wildman–Crippen LogP) is 2.97. The van der Waals surface area contributed by atoms with Gasteiger partial charge in [0.05, 0.1) is 11.0 Å². The number of anilines is 1. The minimum Gasteiger partial charge on any atom is -0.369 e. The highest BCUT2D eigenvalue weighted by Gasteiger charge is 2.36. The van der Waals surface area contributed by atoms with E-state index in [0.717, 1.165) is 18.4 Å². The summed E-state index contributed by atoms with van der Waals surface area (Å²) in [5, 5.41) is 0. The van der Waals surface area contributed by atoms with E-state index in [9.17, 15) is 4.39 Å². The molecule has 0 unspecified atom stereocenters. The molecule has 1 fully saturated rings. The molecule has 3 nitrogen and oxygen atoms in total. The van der Waals surface area contributed by atoms with Crippen molar-refractivity contribution in [3.8, 4) is 0 Å². The van der Waals surface area contributed by atoms with Crippen molar-refractivity contribution in [3.63, 3.8) is 0 Å². The van der Waals surface area contributed by atoms with Crippen LogP contribution in [0.4, 0.5) is 10.3 Å². The van der Waals surface area contributed by atoms with Crippen LogP contribution in [0.5, 0.6) is 0 Å². The topological polar surface area (TPSA) is 43.8 Å². The van der Waals surface area contributed by atoms with Crippen LogP contribution in [0.2, 0.25) is 0 Å². The molecule has 2 aromatic rings. The maximum atomic E-state index is 13.5. The molecule has 1 saturated carbocycles. The normalized spacial score (nSPS) is 18.3. The molecular weight excluding hydrogens is 217 g/mol. The predicted molar refractivity (Wildman–Crippen MR) is 66.3 cm³/mol. The van der Waals surface area contributed by atoms with Crippen LogP contribution in [0.25, 0.3) is 11.0 Å². The van der Waals surface area contributed by atoms with Crippen molar-refractivity contribution >= 4 is 17.0 Å². The van der Waals surface area contributed by atoms with Gasteiger partial charge in [-0.2, -0.15) is 0 Å². The first-order valence-corrected chi connectivity index (χ1v) is 5.96. The number of hydrogen-bond acceptors (Lipinski definition) is 2. The van der Waals surface area contributed by atoms with Gasteiger partial charge in [0.25, 0.3) is 0 Å². The lowest BCUT2D eigenvalue weighted by molar-refractivity contribution is 0.177. The molecule has 17 heavy (non-hydrogen) atoms. The third kappa shape index (κ3) is 1.36. The fraction of sp³-hybridized carbons (Fsp3) is 0.462. The third-order valence-corrected chi connectivity index (χ3v) is 3.93. The van der Waals surface area contributed by atoms with Gasteiger partial charge in [-0.05, 0) is 44.7 Å². The second-order valence-corrected chi connectivity index (χ2v) is 5.25. The van der Waals surface area contributed by atoms with Gasteiger partial charge in [0.2, 0.25) is 5.95 Å². The summed E-state index contributed by atoms with van der Waals surface area (Å²) in [5.41, 5.74) is 8.28. The fourth-order valence-electron chi connectivity index (χ4n) is 2.70. The standard InChI is InChI=1S/C13H16FN3/c1-8-6-11-10(7-9(8)14)16-12(15)17(11)13(2)4-3-5-13/h6-7H,3-5H2,1-2H3,(H2,15,16). The van der Waals surface area contributed by atoms with Gasteiger partial charge in [0.15, 0.2) is 0 Å². The van der Waals surface area contributed by atoms with Gasteiger partial charge in [-0.3, -0.25) is 0 Å². The van der Waals surface area contributed by atoms with E-state index in [-0.39, 0.29) is 11.4 Å². The Morgan fingerprint density at radius 2 is 2.12 bits per heavy atom.